The number of thiocarbonyl (C=S) groups is 1. The van der Waals surface area contributed by atoms with Crippen LogP contribution < -0.4 is 11.1 Å². The SMILES string of the molecule is NC(=S)c1cc(Br)ccc1NCCC(=O)N1CCOCC1. The molecule has 0 unspecified atom stereocenters. The Hall–Kier alpha value is -1.18. The monoisotopic (exact) mass is 371 g/mol. The molecule has 114 valence electrons. The summed E-state index contributed by atoms with van der Waals surface area (Å²) in [6.45, 7) is 3.15. The second kappa shape index (κ2) is 7.72. The Balaban J connectivity index is 1.88. The van der Waals surface area contributed by atoms with Gasteiger partial charge in [0.05, 0.1) is 13.2 Å². The van der Waals surface area contributed by atoms with E-state index in [1.807, 2.05) is 23.1 Å². The van der Waals surface area contributed by atoms with Crippen molar-refractivity contribution in [1.82, 2.24) is 4.90 Å². The zero-order valence-corrected chi connectivity index (χ0v) is 14.0. The first-order valence-electron chi connectivity index (χ1n) is 6.76. The van der Waals surface area contributed by atoms with Crippen LogP contribution in [0.25, 0.3) is 0 Å². The Labute approximate surface area is 137 Å². The van der Waals surface area contributed by atoms with Crippen molar-refractivity contribution in [2.24, 2.45) is 5.73 Å². The van der Waals surface area contributed by atoms with Crippen molar-refractivity contribution in [2.75, 3.05) is 38.2 Å². The molecule has 1 heterocycles. The summed E-state index contributed by atoms with van der Waals surface area (Å²) >= 11 is 8.43. The average Bonchev–Trinajstić information content (AvgIpc) is 2.49. The van der Waals surface area contributed by atoms with E-state index in [4.69, 9.17) is 22.7 Å². The Morgan fingerprint density at radius 2 is 2.14 bits per heavy atom. The number of hydrogen-bond acceptors (Lipinski definition) is 4. The summed E-state index contributed by atoms with van der Waals surface area (Å²) in [5, 5.41) is 3.22. The van der Waals surface area contributed by atoms with Gasteiger partial charge >= 0.3 is 0 Å². The molecule has 2 rings (SSSR count). The number of amides is 1. The molecule has 5 nitrogen and oxygen atoms in total. The van der Waals surface area contributed by atoms with Crippen LogP contribution in [0.4, 0.5) is 5.69 Å². The first kappa shape index (κ1) is 16.2. The van der Waals surface area contributed by atoms with Crippen LogP contribution in [-0.4, -0.2) is 48.6 Å². The Morgan fingerprint density at radius 3 is 2.81 bits per heavy atom. The van der Waals surface area contributed by atoms with E-state index in [2.05, 4.69) is 21.2 Å². The molecule has 0 radical (unpaired) electrons. The normalized spacial score (nSPS) is 14.8. The van der Waals surface area contributed by atoms with E-state index in [1.165, 1.54) is 0 Å². The predicted octanol–water partition coefficient (Wildman–Crippen LogP) is 1.74. The number of benzene rings is 1. The molecule has 1 fully saturated rings. The maximum absolute atomic E-state index is 12.0. The van der Waals surface area contributed by atoms with Crippen LogP contribution in [0.1, 0.15) is 12.0 Å². The number of ether oxygens (including phenoxy) is 1. The van der Waals surface area contributed by atoms with Gasteiger partial charge < -0.3 is 20.7 Å². The molecule has 0 spiro atoms. The lowest BCUT2D eigenvalue weighted by molar-refractivity contribution is -0.134. The molecule has 1 saturated heterocycles. The van der Waals surface area contributed by atoms with Crippen LogP contribution in [0.5, 0.6) is 0 Å². The van der Waals surface area contributed by atoms with Crippen molar-refractivity contribution in [3.63, 3.8) is 0 Å². The van der Waals surface area contributed by atoms with Crippen molar-refractivity contribution >= 4 is 44.7 Å². The Morgan fingerprint density at radius 1 is 1.43 bits per heavy atom. The molecular weight excluding hydrogens is 354 g/mol. The van der Waals surface area contributed by atoms with E-state index in [0.29, 0.717) is 44.3 Å². The Bertz CT molecular complexity index is 533. The third kappa shape index (κ3) is 4.66. The minimum atomic E-state index is 0.139. The predicted molar refractivity (Wildman–Crippen MR) is 90.5 cm³/mol. The summed E-state index contributed by atoms with van der Waals surface area (Å²) in [5.74, 6) is 0.139. The van der Waals surface area contributed by atoms with E-state index >= 15 is 0 Å². The fourth-order valence-electron chi connectivity index (χ4n) is 2.15. The summed E-state index contributed by atoms with van der Waals surface area (Å²) < 4.78 is 6.15. The number of nitrogens with zero attached hydrogens (tertiary/aromatic N) is 1. The van der Waals surface area contributed by atoms with Crippen molar-refractivity contribution in [3.05, 3.63) is 28.2 Å². The number of anilines is 1. The van der Waals surface area contributed by atoms with E-state index in [1.54, 1.807) is 0 Å². The second-order valence-electron chi connectivity index (χ2n) is 4.72. The summed E-state index contributed by atoms with van der Waals surface area (Å²) in [5.41, 5.74) is 7.34. The lowest BCUT2D eigenvalue weighted by Crippen LogP contribution is -2.41. The van der Waals surface area contributed by atoms with Crippen molar-refractivity contribution in [1.29, 1.82) is 0 Å². The molecule has 7 heteroatoms. The molecule has 1 aliphatic heterocycles. The van der Waals surface area contributed by atoms with Gasteiger partial charge in [-0.15, -0.1) is 0 Å². The smallest absolute Gasteiger partial charge is 0.224 e. The topological polar surface area (TPSA) is 67.6 Å². The van der Waals surface area contributed by atoms with Gasteiger partial charge in [0.15, 0.2) is 0 Å². The highest BCUT2D eigenvalue weighted by Gasteiger charge is 2.16. The third-order valence-electron chi connectivity index (χ3n) is 3.27. The number of nitrogens with two attached hydrogens (primary N) is 1. The average molecular weight is 372 g/mol. The second-order valence-corrected chi connectivity index (χ2v) is 6.08. The summed E-state index contributed by atoms with van der Waals surface area (Å²) in [7, 11) is 0. The fraction of sp³-hybridized carbons (Fsp3) is 0.429. The van der Waals surface area contributed by atoms with Gasteiger partial charge in [-0.25, -0.2) is 0 Å². The van der Waals surface area contributed by atoms with Crippen LogP contribution in [-0.2, 0) is 9.53 Å². The highest BCUT2D eigenvalue weighted by molar-refractivity contribution is 9.10. The van der Waals surface area contributed by atoms with Crippen LogP contribution in [0.2, 0.25) is 0 Å². The minimum absolute atomic E-state index is 0.139. The first-order valence-corrected chi connectivity index (χ1v) is 7.97. The van der Waals surface area contributed by atoms with Crippen LogP contribution >= 0.6 is 28.1 Å². The number of hydrogen-bond donors (Lipinski definition) is 2. The molecule has 0 aliphatic carbocycles. The first-order chi connectivity index (χ1) is 10.1. The van der Waals surface area contributed by atoms with Gasteiger partial charge in [-0.1, -0.05) is 28.1 Å². The van der Waals surface area contributed by atoms with Crippen molar-refractivity contribution in [3.8, 4) is 0 Å². The lowest BCUT2D eigenvalue weighted by Gasteiger charge is -2.27. The standard InChI is InChI=1S/C14H18BrN3O2S/c15-10-1-2-12(11(9-10)14(16)21)17-4-3-13(19)18-5-7-20-8-6-18/h1-2,9,17H,3-8H2,(H2,16,21). The molecule has 1 amide bonds. The van der Waals surface area contributed by atoms with Gasteiger partial charge in [-0.2, -0.15) is 0 Å². The minimum Gasteiger partial charge on any atom is -0.389 e. The number of nitrogens with one attached hydrogen (secondary N) is 1. The van der Waals surface area contributed by atoms with Crippen LogP contribution in [0.15, 0.2) is 22.7 Å². The zero-order valence-electron chi connectivity index (χ0n) is 11.6. The van der Waals surface area contributed by atoms with Crippen molar-refractivity contribution < 1.29 is 9.53 Å². The van der Waals surface area contributed by atoms with E-state index in [0.717, 1.165) is 15.7 Å². The highest BCUT2D eigenvalue weighted by Crippen LogP contribution is 2.21. The number of morpholine rings is 1. The molecule has 0 bridgehead atoms. The van der Waals surface area contributed by atoms with Crippen molar-refractivity contribution in [2.45, 2.75) is 6.42 Å². The summed E-state index contributed by atoms with van der Waals surface area (Å²) in [4.78, 5) is 14.2. The molecule has 3 N–H and O–H groups in total. The number of carbonyl (C=O) groups is 1. The van der Waals surface area contributed by atoms with Crippen LogP contribution in [0, 0.1) is 0 Å². The maximum Gasteiger partial charge on any atom is 0.224 e. The highest BCUT2D eigenvalue weighted by atomic mass is 79.9. The number of rotatable bonds is 5. The number of halogens is 1. The van der Waals surface area contributed by atoms with Crippen LogP contribution in [0.3, 0.4) is 0 Å². The van der Waals surface area contributed by atoms with E-state index in [9.17, 15) is 4.79 Å². The van der Waals surface area contributed by atoms with Gasteiger partial charge in [-0.05, 0) is 18.2 Å². The molecular formula is C14H18BrN3O2S. The molecule has 0 atom stereocenters. The van der Waals surface area contributed by atoms with E-state index < -0.39 is 0 Å². The van der Waals surface area contributed by atoms with Gasteiger partial charge in [0.25, 0.3) is 0 Å². The summed E-state index contributed by atoms with van der Waals surface area (Å²) in [6.07, 6.45) is 0.437. The molecule has 0 aromatic heterocycles. The quantitative estimate of drug-likeness (QED) is 0.771. The molecule has 1 aromatic rings. The number of carbonyl (C=O) groups excluding carboxylic acids is 1. The summed E-state index contributed by atoms with van der Waals surface area (Å²) in [6, 6.07) is 5.68. The Kier molecular flexibility index (Phi) is 5.96. The molecule has 1 aromatic carbocycles. The zero-order chi connectivity index (χ0) is 15.2. The third-order valence-corrected chi connectivity index (χ3v) is 3.98. The largest absolute Gasteiger partial charge is 0.389 e. The van der Waals surface area contributed by atoms with E-state index in [-0.39, 0.29) is 5.91 Å². The molecule has 21 heavy (non-hydrogen) atoms. The molecule has 1 aliphatic rings. The van der Waals surface area contributed by atoms with Gasteiger partial charge in [0.1, 0.15) is 4.99 Å². The fourth-order valence-corrected chi connectivity index (χ4v) is 2.68. The van der Waals surface area contributed by atoms with Gasteiger partial charge in [-0.3, -0.25) is 4.79 Å². The van der Waals surface area contributed by atoms with Gasteiger partial charge in [0.2, 0.25) is 5.91 Å². The maximum atomic E-state index is 12.0. The molecule has 0 saturated carbocycles. The van der Waals surface area contributed by atoms with Gasteiger partial charge in [0, 0.05) is 41.8 Å². The lowest BCUT2D eigenvalue weighted by atomic mass is 10.1.